The van der Waals surface area contributed by atoms with E-state index in [1.807, 2.05) is 6.92 Å². The highest BCUT2D eigenvalue weighted by Crippen LogP contribution is 2.36. The molecule has 1 atom stereocenters. The first kappa shape index (κ1) is 14.9. The Bertz CT molecular complexity index is 590. The molecule has 0 aromatic heterocycles. The van der Waals surface area contributed by atoms with Gasteiger partial charge in [-0.05, 0) is 31.9 Å². The molecular formula is C12H16Cl2N2O2S. The van der Waals surface area contributed by atoms with Gasteiger partial charge in [0.1, 0.15) is 4.90 Å². The number of nitrogens with zero attached hydrogens (tertiary/aromatic N) is 1. The fraction of sp³-hybridized carbons (Fsp3) is 0.500. The van der Waals surface area contributed by atoms with Crippen molar-refractivity contribution >= 4 is 38.9 Å². The molecule has 1 unspecified atom stereocenters. The van der Waals surface area contributed by atoms with Gasteiger partial charge in [0.05, 0.1) is 15.7 Å². The minimum atomic E-state index is -3.62. The summed E-state index contributed by atoms with van der Waals surface area (Å²) < 4.78 is 26.7. The van der Waals surface area contributed by atoms with Gasteiger partial charge in [-0.1, -0.05) is 29.6 Å². The van der Waals surface area contributed by atoms with Crippen molar-refractivity contribution in [1.82, 2.24) is 4.31 Å². The van der Waals surface area contributed by atoms with Crippen LogP contribution in [0, 0.1) is 0 Å². The van der Waals surface area contributed by atoms with Gasteiger partial charge >= 0.3 is 0 Å². The van der Waals surface area contributed by atoms with Crippen LogP contribution in [0.2, 0.25) is 10.0 Å². The summed E-state index contributed by atoms with van der Waals surface area (Å²) >= 11 is 11.9. The Morgan fingerprint density at radius 2 is 2.00 bits per heavy atom. The highest BCUT2D eigenvalue weighted by molar-refractivity contribution is 7.89. The largest absolute Gasteiger partial charge is 0.396 e. The van der Waals surface area contributed by atoms with Gasteiger partial charge in [-0.2, -0.15) is 4.31 Å². The third kappa shape index (κ3) is 2.70. The van der Waals surface area contributed by atoms with E-state index < -0.39 is 10.0 Å². The molecule has 2 rings (SSSR count). The Balaban J connectivity index is 2.48. The lowest BCUT2D eigenvalue weighted by atomic mass is 10.1. The van der Waals surface area contributed by atoms with Crippen LogP contribution in [-0.2, 0) is 10.0 Å². The second kappa shape index (κ2) is 5.48. The summed E-state index contributed by atoms with van der Waals surface area (Å²) in [6.45, 7) is 2.42. The van der Waals surface area contributed by atoms with E-state index in [0.29, 0.717) is 6.54 Å². The molecule has 1 heterocycles. The van der Waals surface area contributed by atoms with Crippen molar-refractivity contribution in [3.63, 3.8) is 0 Å². The van der Waals surface area contributed by atoms with Crippen LogP contribution in [-0.4, -0.2) is 25.3 Å². The van der Waals surface area contributed by atoms with E-state index in [-0.39, 0.29) is 26.7 Å². The summed E-state index contributed by atoms with van der Waals surface area (Å²) in [5.41, 5.74) is 5.80. The highest BCUT2D eigenvalue weighted by Gasteiger charge is 2.33. The summed E-state index contributed by atoms with van der Waals surface area (Å²) in [7, 11) is -3.62. The predicted molar refractivity (Wildman–Crippen MR) is 78.1 cm³/mol. The van der Waals surface area contributed by atoms with Crippen molar-refractivity contribution in [1.29, 1.82) is 0 Å². The lowest BCUT2D eigenvalue weighted by Crippen LogP contribution is -2.42. The lowest BCUT2D eigenvalue weighted by molar-refractivity contribution is 0.268. The van der Waals surface area contributed by atoms with Crippen LogP contribution < -0.4 is 5.73 Å². The average molecular weight is 323 g/mol. The average Bonchev–Trinajstić information content (AvgIpc) is 2.36. The van der Waals surface area contributed by atoms with Gasteiger partial charge in [0.15, 0.2) is 0 Å². The third-order valence-electron chi connectivity index (χ3n) is 3.42. The first-order chi connectivity index (χ1) is 8.85. The molecule has 1 saturated heterocycles. The number of nitrogen functional groups attached to an aromatic ring is 1. The molecule has 0 radical (unpaired) electrons. The van der Waals surface area contributed by atoms with E-state index in [1.54, 1.807) is 0 Å². The quantitative estimate of drug-likeness (QED) is 0.851. The van der Waals surface area contributed by atoms with E-state index >= 15 is 0 Å². The molecular weight excluding hydrogens is 307 g/mol. The number of anilines is 1. The van der Waals surface area contributed by atoms with Crippen molar-refractivity contribution in [3.05, 3.63) is 22.2 Å². The number of halogens is 2. The number of nitrogens with two attached hydrogens (primary N) is 1. The highest BCUT2D eigenvalue weighted by atomic mass is 35.5. The molecule has 1 aromatic rings. The predicted octanol–water partition coefficient (Wildman–Crippen LogP) is 3.14. The minimum absolute atomic E-state index is 0.00488. The van der Waals surface area contributed by atoms with Crippen LogP contribution in [0.3, 0.4) is 0 Å². The molecule has 1 aliphatic rings. The molecule has 2 N–H and O–H groups in total. The Labute approximate surface area is 123 Å². The summed E-state index contributed by atoms with van der Waals surface area (Å²) in [5.74, 6) is 0. The van der Waals surface area contributed by atoms with E-state index in [2.05, 4.69) is 0 Å². The van der Waals surface area contributed by atoms with Crippen molar-refractivity contribution < 1.29 is 8.42 Å². The van der Waals surface area contributed by atoms with Crippen molar-refractivity contribution in [2.75, 3.05) is 12.3 Å². The Morgan fingerprint density at radius 1 is 1.32 bits per heavy atom. The molecule has 1 aliphatic heterocycles. The maximum absolute atomic E-state index is 12.6. The number of hydrogen-bond donors (Lipinski definition) is 1. The normalized spacial score (nSPS) is 21.5. The number of piperidine rings is 1. The topological polar surface area (TPSA) is 63.4 Å². The molecule has 7 heteroatoms. The van der Waals surface area contributed by atoms with Crippen LogP contribution in [0.25, 0.3) is 0 Å². The van der Waals surface area contributed by atoms with Crippen LogP contribution >= 0.6 is 23.2 Å². The van der Waals surface area contributed by atoms with Gasteiger partial charge in [0.2, 0.25) is 10.0 Å². The molecule has 1 aromatic carbocycles. The maximum Gasteiger partial charge on any atom is 0.244 e. The Kier molecular flexibility index (Phi) is 4.30. The first-order valence-electron chi connectivity index (χ1n) is 6.11. The van der Waals surface area contributed by atoms with Gasteiger partial charge in [0, 0.05) is 12.6 Å². The van der Waals surface area contributed by atoms with E-state index in [0.717, 1.165) is 19.3 Å². The van der Waals surface area contributed by atoms with Crippen LogP contribution in [0.4, 0.5) is 5.69 Å². The smallest absolute Gasteiger partial charge is 0.244 e. The van der Waals surface area contributed by atoms with E-state index in [9.17, 15) is 8.42 Å². The summed E-state index contributed by atoms with van der Waals surface area (Å²) in [6.07, 6.45) is 2.77. The Morgan fingerprint density at radius 3 is 2.63 bits per heavy atom. The molecule has 1 fully saturated rings. The van der Waals surface area contributed by atoms with Gasteiger partial charge in [-0.15, -0.1) is 0 Å². The van der Waals surface area contributed by atoms with Gasteiger partial charge in [-0.25, -0.2) is 8.42 Å². The zero-order valence-corrected chi connectivity index (χ0v) is 12.9. The fourth-order valence-corrected chi connectivity index (χ4v) is 4.74. The molecule has 0 spiro atoms. The Hall–Kier alpha value is -0.490. The molecule has 4 nitrogen and oxygen atoms in total. The second-order valence-corrected chi connectivity index (χ2v) is 7.38. The summed E-state index contributed by atoms with van der Waals surface area (Å²) in [4.78, 5) is 0.0322. The van der Waals surface area contributed by atoms with Crippen molar-refractivity contribution in [2.24, 2.45) is 0 Å². The van der Waals surface area contributed by atoms with Crippen molar-refractivity contribution in [3.8, 4) is 0 Å². The lowest BCUT2D eigenvalue weighted by Gasteiger charge is -2.32. The zero-order chi connectivity index (χ0) is 14.2. The number of hydrogen-bond acceptors (Lipinski definition) is 3. The number of benzene rings is 1. The van der Waals surface area contributed by atoms with Gasteiger partial charge < -0.3 is 5.73 Å². The monoisotopic (exact) mass is 322 g/mol. The minimum Gasteiger partial charge on any atom is -0.396 e. The fourth-order valence-electron chi connectivity index (χ4n) is 2.30. The first-order valence-corrected chi connectivity index (χ1v) is 8.30. The summed E-state index contributed by atoms with van der Waals surface area (Å²) in [5, 5.41) is 0.265. The summed E-state index contributed by atoms with van der Waals surface area (Å²) in [6, 6.07) is 2.86. The molecule has 106 valence electrons. The SMILES string of the molecule is CC1CCCCN1S(=O)(=O)c1ccc(Cl)c(N)c1Cl. The molecule has 19 heavy (non-hydrogen) atoms. The van der Waals surface area contributed by atoms with E-state index in [1.165, 1.54) is 16.4 Å². The maximum atomic E-state index is 12.6. The number of sulfonamides is 1. The van der Waals surface area contributed by atoms with Crippen LogP contribution in [0.1, 0.15) is 26.2 Å². The molecule has 0 bridgehead atoms. The molecule has 0 saturated carbocycles. The van der Waals surface area contributed by atoms with Crippen LogP contribution in [0.15, 0.2) is 17.0 Å². The third-order valence-corrected chi connectivity index (χ3v) is 6.32. The zero-order valence-electron chi connectivity index (χ0n) is 10.6. The van der Waals surface area contributed by atoms with Crippen LogP contribution in [0.5, 0.6) is 0 Å². The second-order valence-electron chi connectivity index (χ2n) is 4.73. The van der Waals surface area contributed by atoms with Gasteiger partial charge in [0.25, 0.3) is 0 Å². The van der Waals surface area contributed by atoms with Crippen molar-refractivity contribution in [2.45, 2.75) is 37.1 Å². The number of rotatable bonds is 2. The van der Waals surface area contributed by atoms with Gasteiger partial charge in [-0.3, -0.25) is 0 Å². The van der Waals surface area contributed by atoms with E-state index in [4.69, 9.17) is 28.9 Å². The molecule has 0 amide bonds. The molecule has 0 aliphatic carbocycles. The standard InChI is InChI=1S/C12H16Cl2N2O2S/c1-8-4-2-3-7-16(8)19(17,18)10-6-5-9(13)12(15)11(10)14/h5-6,8H,2-4,7,15H2,1H3.